The first-order valence-electron chi connectivity index (χ1n) is 9.53. The molecule has 0 saturated heterocycles. The minimum atomic E-state index is -2.15. The molecule has 168 valence electrons. The molecule has 0 rings (SSSR count). The summed E-state index contributed by atoms with van der Waals surface area (Å²) in [4.78, 5) is 48.4. The molecule has 3 unspecified atom stereocenters. The molecule has 29 heavy (non-hydrogen) atoms. The molecule has 0 aromatic carbocycles. The summed E-state index contributed by atoms with van der Waals surface area (Å²) in [7, 11) is 0.473. The molecule has 0 bridgehead atoms. The quantitative estimate of drug-likeness (QED) is 0.375. The molecule has 0 aliphatic heterocycles. The summed E-state index contributed by atoms with van der Waals surface area (Å²) in [6.45, 7) is 14.1. The standard InChI is InChI=1S/C20H35O8P/c1-9-29-11-20(7,8)17(26)28-13(15(23)24)12(14(21)22)27-16(25)19(5,6)10-18(2,3)4/h12-13,29H,9-11H2,1-8H3,(H,21,22)(H,23,24). The van der Waals surface area contributed by atoms with Crippen LogP contribution in [0.1, 0.15) is 61.8 Å². The van der Waals surface area contributed by atoms with Crippen LogP contribution in [0.4, 0.5) is 0 Å². The van der Waals surface area contributed by atoms with E-state index in [1.807, 2.05) is 27.7 Å². The topological polar surface area (TPSA) is 127 Å². The van der Waals surface area contributed by atoms with Crippen LogP contribution >= 0.6 is 8.58 Å². The van der Waals surface area contributed by atoms with Gasteiger partial charge in [-0.15, -0.1) is 8.58 Å². The number of carbonyl (C=O) groups is 4. The Hall–Kier alpha value is -1.69. The van der Waals surface area contributed by atoms with Crippen LogP contribution in [0.25, 0.3) is 0 Å². The lowest BCUT2D eigenvalue weighted by Gasteiger charge is -2.32. The fourth-order valence-electron chi connectivity index (χ4n) is 2.94. The molecule has 9 heteroatoms. The number of hydrogen-bond acceptors (Lipinski definition) is 6. The average molecular weight is 434 g/mol. The highest BCUT2D eigenvalue weighted by atomic mass is 31.1. The molecule has 0 fully saturated rings. The Bertz CT molecular complexity index is 618. The maximum Gasteiger partial charge on any atom is 0.349 e. The molecule has 0 aliphatic carbocycles. The molecule has 0 radical (unpaired) electrons. The molecule has 0 aliphatic rings. The zero-order valence-corrected chi connectivity index (χ0v) is 19.6. The minimum Gasteiger partial charge on any atom is -0.478 e. The summed E-state index contributed by atoms with van der Waals surface area (Å²) < 4.78 is 10.1. The lowest BCUT2D eigenvalue weighted by Crippen LogP contribution is -2.49. The van der Waals surface area contributed by atoms with Crippen LogP contribution in [-0.2, 0) is 28.7 Å². The predicted octanol–water partition coefficient (Wildman–Crippen LogP) is 3.17. The van der Waals surface area contributed by atoms with Gasteiger partial charge in [-0.2, -0.15) is 0 Å². The molecule has 0 amide bonds. The number of rotatable bonds is 11. The second-order valence-corrected chi connectivity index (χ2v) is 11.2. The lowest BCUT2D eigenvalue weighted by atomic mass is 9.76. The van der Waals surface area contributed by atoms with Gasteiger partial charge in [-0.05, 0) is 51.9 Å². The number of ether oxygens (including phenoxy) is 2. The Balaban J connectivity index is 5.58. The van der Waals surface area contributed by atoms with Gasteiger partial charge in [-0.25, -0.2) is 9.59 Å². The van der Waals surface area contributed by atoms with Gasteiger partial charge >= 0.3 is 23.9 Å². The molecular formula is C20H35O8P. The summed E-state index contributed by atoms with van der Waals surface area (Å²) in [5, 5.41) is 18.9. The van der Waals surface area contributed by atoms with Gasteiger partial charge in [0.15, 0.2) is 0 Å². The maximum absolute atomic E-state index is 12.6. The summed E-state index contributed by atoms with van der Waals surface area (Å²) in [6, 6.07) is 0. The first-order valence-corrected chi connectivity index (χ1v) is 10.9. The average Bonchev–Trinajstić information content (AvgIpc) is 2.52. The third-order valence-corrected chi connectivity index (χ3v) is 5.76. The van der Waals surface area contributed by atoms with E-state index in [0.717, 1.165) is 6.16 Å². The van der Waals surface area contributed by atoms with E-state index in [1.165, 1.54) is 0 Å². The second kappa shape index (κ2) is 10.4. The van der Waals surface area contributed by atoms with Gasteiger partial charge in [0.05, 0.1) is 10.8 Å². The lowest BCUT2D eigenvalue weighted by molar-refractivity contribution is -0.194. The van der Waals surface area contributed by atoms with Gasteiger partial charge in [0.25, 0.3) is 0 Å². The van der Waals surface area contributed by atoms with E-state index in [1.54, 1.807) is 27.7 Å². The van der Waals surface area contributed by atoms with Crippen molar-refractivity contribution in [1.82, 2.24) is 0 Å². The van der Waals surface area contributed by atoms with Crippen LogP contribution < -0.4 is 0 Å². The number of carboxylic acid groups (broad SMARTS) is 2. The van der Waals surface area contributed by atoms with E-state index in [-0.39, 0.29) is 5.41 Å². The molecule has 0 aromatic rings. The van der Waals surface area contributed by atoms with Gasteiger partial charge in [-0.3, -0.25) is 9.59 Å². The molecule has 0 saturated carbocycles. The smallest absolute Gasteiger partial charge is 0.349 e. The van der Waals surface area contributed by atoms with E-state index >= 15 is 0 Å². The molecular weight excluding hydrogens is 399 g/mol. The van der Waals surface area contributed by atoms with E-state index in [9.17, 15) is 29.4 Å². The van der Waals surface area contributed by atoms with Crippen molar-refractivity contribution < 1.29 is 38.9 Å². The van der Waals surface area contributed by atoms with Crippen molar-refractivity contribution in [3.8, 4) is 0 Å². The highest BCUT2D eigenvalue weighted by Gasteiger charge is 2.45. The van der Waals surface area contributed by atoms with Crippen LogP contribution in [0.5, 0.6) is 0 Å². The van der Waals surface area contributed by atoms with Crippen molar-refractivity contribution in [2.75, 3.05) is 12.3 Å². The molecule has 3 atom stereocenters. The van der Waals surface area contributed by atoms with Crippen molar-refractivity contribution in [1.29, 1.82) is 0 Å². The number of esters is 2. The van der Waals surface area contributed by atoms with Gasteiger partial charge in [-0.1, -0.05) is 27.7 Å². The van der Waals surface area contributed by atoms with Crippen LogP contribution in [0, 0.1) is 16.2 Å². The van der Waals surface area contributed by atoms with Crippen LogP contribution in [0.2, 0.25) is 0 Å². The van der Waals surface area contributed by atoms with E-state index < -0.39 is 46.9 Å². The van der Waals surface area contributed by atoms with Crippen molar-refractivity contribution in [2.24, 2.45) is 16.2 Å². The zero-order chi connectivity index (χ0) is 23.2. The highest BCUT2D eigenvalue weighted by molar-refractivity contribution is 7.38. The third kappa shape index (κ3) is 9.11. The predicted molar refractivity (Wildman–Crippen MR) is 110 cm³/mol. The first-order chi connectivity index (χ1) is 12.9. The Morgan fingerprint density at radius 1 is 0.793 bits per heavy atom. The maximum atomic E-state index is 12.6. The fraction of sp³-hybridized carbons (Fsp3) is 0.800. The number of aliphatic carboxylic acids is 2. The molecule has 0 spiro atoms. The van der Waals surface area contributed by atoms with Crippen molar-refractivity contribution in [2.45, 2.75) is 74.0 Å². The summed E-state index contributed by atoms with van der Waals surface area (Å²) in [5.74, 6) is -5.10. The zero-order valence-electron chi connectivity index (χ0n) is 18.6. The molecule has 8 nitrogen and oxygen atoms in total. The van der Waals surface area contributed by atoms with Crippen LogP contribution in [0.15, 0.2) is 0 Å². The van der Waals surface area contributed by atoms with Crippen LogP contribution in [0.3, 0.4) is 0 Å². The van der Waals surface area contributed by atoms with Gasteiger partial charge in [0.2, 0.25) is 12.2 Å². The third-order valence-electron chi connectivity index (χ3n) is 4.12. The Morgan fingerprint density at radius 2 is 1.17 bits per heavy atom. The van der Waals surface area contributed by atoms with E-state index in [2.05, 4.69) is 0 Å². The van der Waals surface area contributed by atoms with Gasteiger partial charge in [0, 0.05) is 0 Å². The van der Waals surface area contributed by atoms with Crippen molar-refractivity contribution in [3.63, 3.8) is 0 Å². The summed E-state index contributed by atoms with van der Waals surface area (Å²) in [6.07, 6.45) is -2.57. The molecule has 0 aromatic heterocycles. The van der Waals surface area contributed by atoms with Crippen molar-refractivity contribution >= 4 is 32.5 Å². The fourth-order valence-corrected chi connectivity index (χ4v) is 3.96. The normalized spacial score (nSPS) is 15.0. The van der Waals surface area contributed by atoms with Gasteiger partial charge < -0.3 is 19.7 Å². The number of carbonyl (C=O) groups excluding carboxylic acids is 2. The largest absolute Gasteiger partial charge is 0.478 e. The highest BCUT2D eigenvalue weighted by Crippen LogP contribution is 2.35. The Morgan fingerprint density at radius 3 is 1.48 bits per heavy atom. The first kappa shape index (κ1) is 27.3. The Labute approximate surface area is 174 Å². The SMILES string of the molecule is CCPCC(C)(C)C(=O)OC(C(=O)O)C(OC(=O)C(C)(C)CC(C)(C)C)C(=O)O. The Kier molecular flexibility index (Phi) is 9.77. The molecule has 2 N–H and O–H groups in total. The number of hydrogen-bond donors (Lipinski definition) is 2. The monoisotopic (exact) mass is 434 g/mol. The van der Waals surface area contributed by atoms with E-state index in [0.29, 0.717) is 21.2 Å². The second-order valence-electron chi connectivity index (χ2n) is 9.61. The van der Waals surface area contributed by atoms with Gasteiger partial charge in [0.1, 0.15) is 0 Å². The van der Waals surface area contributed by atoms with Crippen LogP contribution in [-0.4, -0.2) is 58.6 Å². The number of carboxylic acids is 2. The minimum absolute atomic E-state index is 0.246. The summed E-state index contributed by atoms with van der Waals surface area (Å²) in [5.41, 5.74) is -2.29. The van der Waals surface area contributed by atoms with E-state index in [4.69, 9.17) is 9.47 Å². The van der Waals surface area contributed by atoms with Crippen molar-refractivity contribution in [3.05, 3.63) is 0 Å². The summed E-state index contributed by atoms with van der Waals surface area (Å²) >= 11 is 0. The molecule has 0 heterocycles.